The predicted octanol–water partition coefficient (Wildman–Crippen LogP) is 6.20. The van der Waals surface area contributed by atoms with Crippen molar-refractivity contribution in [3.05, 3.63) is 74.3 Å². The summed E-state index contributed by atoms with van der Waals surface area (Å²) >= 11 is 6.99. The number of aromatic carboxylic acids is 1. The van der Waals surface area contributed by atoms with E-state index in [0.717, 1.165) is 40.2 Å². The molecule has 1 saturated heterocycles. The number of phenols is 1. The maximum Gasteiger partial charge on any atom is 0.416 e. The SMILES string of the molecule is O=C(CNN1C(=O)C(=Cc2cc(-c3cc(C(F)(F)F)cc(C(F)(F)F)c3)cs2)SC1=S)Nc1ccc(C(=O)O)c(O)c1. The number of benzene rings is 2. The smallest absolute Gasteiger partial charge is 0.416 e. The number of thiophene rings is 1. The van der Waals surface area contributed by atoms with Crippen LogP contribution in [0.3, 0.4) is 0 Å². The average molecular weight is 648 g/mol. The van der Waals surface area contributed by atoms with Gasteiger partial charge in [-0.1, -0.05) is 24.0 Å². The number of hydrogen-bond acceptors (Lipinski definition) is 8. The summed E-state index contributed by atoms with van der Waals surface area (Å²) < 4.78 is 79.4. The van der Waals surface area contributed by atoms with Gasteiger partial charge in [0, 0.05) is 16.6 Å². The first-order chi connectivity index (χ1) is 19.5. The molecule has 2 heterocycles. The van der Waals surface area contributed by atoms with E-state index in [1.807, 2.05) is 0 Å². The number of carboxylic acids is 1. The number of carbonyl (C=O) groups is 3. The molecule has 42 heavy (non-hydrogen) atoms. The third-order valence-corrected chi connectivity index (χ3v) is 7.70. The second-order valence-electron chi connectivity index (χ2n) is 8.47. The largest absolute Gasteiger partial charge is 0.507 e. The van der Waals surface area contributed by atoms with Crippen LogP contribution in [0, 0.1) is 0 Å². The van der Waals surface area contributed by atoms with Crippen LogP contribution in [0.5, 0.6) is 5.75 Å². The van der Waals surface area contributed by atoms with Gasteiger partial charge in [0.2, 0.25) is 5.91 Å². The van der Waals surface area contributed by atoms with Crippen LogP contribution in [-0.4, -0.2) is 43.9 Å². The molecule has 4 rings (SSSR count). The van der Waals surface area contributed by atoms with Gasteiger partial charge in [-0.25, -0.2) is 15.2 Å². The number of anilines is 1. The Morgan fingerprint density at radius 3 is 2.19 bits per heavy atom. The molecule has 220 valence electrons. The molecular weight excluding hydrogens is 632 g/mol. The van der Waals surface area contributed by atoms with Crippen LogP contribution in [0.1, 0.15) is 26.4 Å². The fourth-order valence-corrected chi connectivity index (χ4v) is 5.71. The summed E-state index contributed by atoms with van der Waals surface area (Å²) in [4.78, 5) is 36.5. The van der Waals surface area contributed by atoms with Gasteiger partial charge in [-0.05, 0) is 59.0 Å². The highest BCUT2D eigenvalue weighted by Crippen LogP contribution is 2.40. The molecule has 0 atom stereocenters. The summed E-state index contributed by atoms with van der Waals surface area (Å²) in [5.41, 5.74) is -0.876. The number of nitrogens with one attached hydrogen (secondary N) is 2. The van der Waals surface area contributed by atoms with Crippen LogP contribution in [-0.2, 0) is 21.9 Å². The number of nitrogens with zero attached hydrogens (tertiary/aromatic N) is 1. The Hall–Kier alpha value is -3.93. The first-order valence-electron chi connectivity index (χ1n) is 11.3. The zero-order chi connectivity index (χ0) is 31.0. The number of carbonyl (C=O) groups excluding carboxylic acids is 2. The lowest BCUT2D eigenvalue weighted by Gasteiger charge is -2.15. The Morgan fingerprint density at radius 1 is 0.976 bits per heavy atom. The molecule has 17 heteroatoms. The number of thioether (sulfide) groups is 1. The molecule has 1 fully saturated rings. The molecule has 3 aromatic rings. The van der Waals surface area contributed by atoms with E-state index < -0.39 is 53.6 Å². The second kappa shape index (κ2) is 11.7. The fraction of sp³-hybridized carbons (Fsp3) is 0.120. The Morgan fingerprint density at radius 2 is 1.62 bits per heavy atom. The minimum absolute atomic E-state index is 0.0204. The van der Waals surface area contributed by atoms with Crippen molar-refractivity contribution in [2.75, 3.05) is 11.9 Å². The lowest BCUT2D eigenvalue weighted by atomic mass is 10.0. The summed E-state index contributed by atoms with van der Waals surface area (Å²) in [6, 6.07) is 5.96. The Balaban J connectivity index is 1.45. The highest BCUT2D eigenvalue weighted by atomic mass is 32.2. The summed E-state index contributed by atoms with van der Waals surface area (Å²) in [5.74, 6) is -3.26. The molecule has 0 aliphatic carbocycles. The maximum absolute atomic E-state index is 13.2. The maximum atomic E-state index is 13.2. The van der Waals surface area contributed by atoms with Gasteiger partial charge in [-0.2, -0.15) is 26.3 Å². The second-order valence-corrected chi connectivity index (χ2v) is 11.1. The number of alkyl halides is 6. The van der Waals surface area contributed by atoms with Gasteiger partial charge >= 0.3 is 18.3 Å². The zero-order valence-corrected chi connectivity index (χ0v) is 22.9. The van der Waals surface area contributed by atoms with E-state index in [2.05, 4.69) is 10.7 Å². The predicted molar refractivity (Wildman–Crippen MR) is 146 cm³/mol. The van der Waals surface area contributed by atoms with Gasteiger partial charge in [0.1, 0.15) is 11.3 Å². The normalized spacial score (nSPS) is 15.0. The minimum Gasteiger partial charge on any atom is -0.507 e. The Bertz CT molecular complexity index is 1600. The third kappa shape index (κ3) is 7.10. The van der Waals surface area contributed by atoms with Crippen molar-refractivity contribution in [1.82, 2.24) is 10.4 Å². The topological polar surface area (TPSA) is 119 Å². The Kier molecular flexibility index (Phi) is 8.68. The molecule has 4 N–H and O–H groups in total. The van der Waals surface area contributed by atoms with Crippen molar-refractivity contribution in [3.63, 3.8) is 0 Å². The van der Waals surface area contributed by atoms with Gasteiger partial charge in [0.15, 0.2) is 4.32 Å². The molecule has 1 aliphatic rings. The van der Waals surface area contributed by atoms with E-state index >= 15 is 0 Å². The summed E-state index contributed by atoms with van der Waals surface area (Å²) in [6.07, 6.45) is -8.64. The summed E-state index contributed by atoms with van der Waals surface area (Å²) in [6.45, 7) is -0.457. The molecule has 0 bridgehead atoms. The van der Waals surface area contributed by atoms with Crippen molar-refractivity contribution in [3.8, 4) is 16.9 Å². The molecule has 1 aliphatic heterocycles. The third-order valence-electron chi connectivity index (χ3n) is 5.52. The zero-order valence-electron chi connectivity index (χ0n) is 20.5. The van der Waals surface area contributed by atoms with Gasteiger partial charge < -0.3 is 15.5 Å². The average Bonchev–Trinajstić information content (AvgIpc) is 3.45. The molecule has 0 saturated carbocycles. The molecular formula is C25H15F6N3O5S3. The van der Waals surface area contributed by atoms with Crippen LogP contribution < -0.4 is 10.7 Å². The van der Waals surface area contributed by atoms with Gasteiger partial charge in [-0.3, -0.25) is 9.59 Å². The molecule has 0 unspecified atom stereocenters. The van der Waals surface area contributed by atoms with E-state index in [-0.39, 0.29) is 37.7 Å². The number of amides is 2. The van der Waals surface area contributed by atoms with Crippen molar-refractivity contribution in [2.45, 2.75) is 12.4 Å². The van der Waals surface area contributed by atoms with E-state index in [9.17, 15) is 45.8 Å². The number of rotatable bonds is 7. The first kappa shape index (κ1) is 31.0. The first-order valence-corrected chi connectivity index (χ1v) is 13.4. The standard InChI is InChI=1S/C25H15F6N3O5S3/c26-24(27,28)13-3-11(4-14(6-13)25(29,30)31)12-5-16(41-10-12)8-19-21(37)34(23(40)42-19)32-9-20(36)33-15-1-2-17(22(38)39)18(35)7-15/h1-8,10,32,35H,9H2,(H,33,36)(H,38,39). The molecule has 2 aromatic carbocycles. The van der Waals surface area contributed by atoms with Crippen LogP contribution in [0.25, 0.3) is 17.2 Å². The lowest BCUT2D eigenvalue weighted by Crippen LogP contribution is -2.44. The summed E-state index contributed by atoms with van der Waals surface area (Å²) in [5, 5.41) is 23.3. The molecule has 1 aromatic heterocycles. The highest BCUT2D eigenvalue weighted by molar-refractivity contribution is 8.26. The van der Waals surface area contributed by atoms with Gasteiger partial charge in [-0.15, -0.1) is 11.3 Å². The van der Waals surface area contributed by atoms with Gasteiger partial charge in [0.05, 0.1) is 22.6 Å². The number of halogens is 6. The van der Waals surface area contributed by atoms with Crippen molar-refractivity contribution >= 4 is 69.2 Å². The van der Waals surface area contributed by atoms with Crippen molar-refractivity contribution < 1.29 is 50.9 Å². The highest BCUT2D eigenvalue weighted by Gasteiger charge is 2.37. The molecule has 2 amide bonds. The van der Waals surface area contributed by atoms with Crippen LogP contribution in [0.15, 0.2) is 52.7 Å². The summed E-state index contributed by atoms with van der Waals surface area (Å²) in [7, 11) is 0. The molecule has 8 nitrogen and oxygen atoms in total. The number of carboxylic acid groups (broad SMARTS) is 1. The monoisotopic (exact) mass is 647 g/mol. The molecule has 0 radical (unpaired) electrons. The number of hydrogen-bond donors (Lipinski definition) is 4. The van der Waals surface area contributed by atoms with E-state index in [1.165, 1.54) is 23.6 Å². The van der Waals surface area contributed by atoms with Crippen molar-refractivity contribution in [1.29, 1.82) is 0 Å². The van der Waals surface area contributed by atoms with Crippen LogP contribution in [0.4, 0.5) is 32.0 Å². The number of hydrazine groups is 1. The van der Waals surface area contributed by atoms with E-state index in [4.69, 9.17) is 17.3 Å². The fourth-order valence-electron chi connectivity index (χ4n) is 3.58. The van der Waals surface area contributed by atoms with Crippen LogP contribution in [0.2, 0.25) is 0 Å². The quantitative estimate of drug-likeness (QED) is 0.136. The van der Waals surface area contributed by atoms with E-state index in [0.29, 0.717) is 17.0 Å². The van der Waals surface area contributed by atoms with Gasteiger partial charge in [0.25, 0.3) is 5.91 Å². The van der Waals surface area contributed by atoms with Crippen molar-refractivity contribution in [2.24, 2.45) is 0 Å². The van der Waals surface area contributed by atoms with Crippen LogP contribution >= 0.6 is 35.3 Å². The lowest BCUT2D eigenvalue weighted by molar-refractivity contribution is -0.143. The van der Waals surface area contributed by atoms with E-state index in [1.54, 1.807) is 0 Å². The Labute approximate surface area is 245 Å². The molecule has 0 spiro atoms. The number of thiocarbonyl (C=S) groups is 1. The number of aromatic hydroxyl groups is 1. The minimum atomic E-state index is -5.00.